The summed E-state index contributed by atoms with van der Waals surface area (Å²) in [5, 5.41) is 12.3. The molecule has 2 unspecified atom stereocenters. The van der Waals surface area contributed by atoms with Crippen LogP contribution >= 0.6 is 0 Å². The molecule has 8 nitrogen and oxygen atoms in total. The molecule has 1 aliphatic heterocycles. The molecule has 0 saturated carbocycles. The first kappa shape index (κ1) is 23.8. The van der Waals surface area contributed by atoms with E-state index in [9.17, 15) is 19.5 Å². The average Bonchev–Trinajstić information content (AvgIpc) is 3.41. The molecule has 34 heavy (non-hydrogen) atoms. The fraction of sp³-hybridized carbons (Fsp3) is 0.423. The summed E-state index contributed by atoms with van der Waals surface area (Å²) in [6.45, 7) is 2.53. The number of nitrogens with zero attached hydrogens (tertiary/aromatic N) is 1. The molecule has 2 amide bonds. The predicted molar refractivity (Wildman–Crippen MR) is 125 cm³/mol. The highest BCUT2D eigenvalue weighted by atomic mass is 16.5. The van der Waals surface area contributed by atoms with Crippen LogP contribution in [0.15, 0.2) is 48.5 Å². The molecule has 1 heterocycles. The second-order valence-corrected chi connectivity index (χ2v) is 9.14. The summed E-state index contributed by atoms with van der Waals surface area (Å²) in [7, 11) is 1.45. The van der Waals surface area contributed by atoms with Crippen molar-refractivity contribution in [3.05, 3.63) is 59.7 Å². The molecule has 4 rings (SSSR count). The molecule has 2 aromatic rings. The van der Waals surface area contributed by atoms with Gasteiger partial charge in [-0.05, 0) is 28.7 Å². The van der Waals surface area contributed by atoms with Crippen LogP contribution in [0.2, 0.25) is 0 Å². The summed E-state index contributed by atoms with van der Waals surface area (Å²) in [5.41, 5.74) is 3.49. The van der Waals surface area contributed by atoms with E-state index in [-0.39, 0.29) is 38.1 Å². The number of benzene rings is 2. The van der Waals surface area contributed by atoms with E-state index in [1.165, 1.54) is 12.0 Å². The van der Waals surface area contributed by atoms with Gasteiger partial charge in [-0.25, -0.2) is 4.79 Å². The Morgan fingerprint density at radius 1 is 1.12 bits per heavy atom. The molecule has 1 fully saturated rings. The first-order chi connectivity index (χ1) is 16.4. The molecule has 0 bridgehead atoms. The third-order valence-electron chi connectivity index (χ3n) is 6.86. The highest BCUT2D eigenvalue weighted by molar-refractivity contribution is 5.83. The summed E-state index contributed by atoms with van der Waals surface area (Å²) < 4.78 is 10.6. The fourth-order valence-electron chi connectivity index (χ4n) is 4.98. The number of hydrogen-bond donors (Lipinski definition) is 2. The van der Waals surface area contributed by atoms with Crippen molar-refractivity contribution in [2.24, 2.45) is 11.3 Å². The Kier molecular flexibility index (Phi) is 6.88. The third kappa shape index (κ3) is 4.50. The molecule has 0 aromatic heterocycles. The Labute approximate surface area is 198 Å². The number of carbonyl (C=O) groups is 3. The van der Waals surface area contributed by atoms with Gasteiger partial charge >= 0.3 is 12.1 Å². The number of carboxylic acid groups (broad SMARTS) is 1. The smallest absolute Gasteiger partial charge is 0.407 e. The molecule has 0 spiro atoms. The number of methoxy groups -OCH3 is 1. The van der Waals surface area contributed by atoms with Crippen LogP contribution in [0.1, 0.15) is 30.4 Å². The number of rotatable bonds is 8. The van der Waals surface area contributed by atoms with Crippen molar-refractivity contribution in [1.29, 1.82) is 0 Å². The molecule has 0 radical (unpaired) electrons. The molecule has 180 valence electrons. The highest BCUT2D eigenvalue weighted by Crippen LogP contribution is 2.44. The van der Waals surface area contributed by atoms with Crippen LogP contribution in [0.5, 0.6) is 0 Å². The van der Waals surface area contributed by atoms with Gasteiger partial charge < -0.3 is 24.8 Å². The lowest BCUT2D eigenvalue weighted by molar-refractivity contribution is -0.151. The van der Waals surface area contributed by atoms with Gasteiger partial charge in [0.25, 0.3) is 0 Å². The number of hydrogen-bond acceptors (Lipinski definition) is 5. The van der Waals surface area contributed by atoms with Crippen molar-refractivity contribution in [3.8, 4) is 11.1 Å². The number of nitrogens with one attached hydrogen (secondary N) is 1. The van der Waals surface area contributed by atoms with Gasteiger partial charge in [-0.15, -0.1) is 0 Å². The van der Waals surface area contributed by atoms with E-state index in [1.54, 1.807) is 6.92 Å². The summed E-state index contributed by atoms with van der Waals surface area (Å²) in [4.78, 5) is 38.5. The third-order valence-corrected chi connectivity index (χ3v) is 6.86. The summed E-state index contributed by atoms with van der Waals surface area (Å²) >= 11 is 0. The quantitative estimate of drug-likeness (QED) is 0.619. The molecule has 2 aromatic carbocycles. The molecule has 8 heteroatoms. The summed E-state index contributed by atoms with van der Waals surface area (Å²) in [6, 6.07) is 16.2. The standard InChI is InChI=1S/C26H30N2O6/c1-17(23(29)28-12-11-26(15-28,16-33-2)24(30)31)13-27-25(32)34-14-22-20-9-5-3-7-18(20)19-8-4-6-10-21(19)22/h3-10,17,22H,11-16H2,1-2H3,(H,27,32)(H,30,31). The second-order valence-electron chi connectivity index (χ2n) is 9.14. The molecule has 2 atom stereocenters. The van der Waals surface area contributed by atoms with E-state index in [4.69, 9.17) is 9.47 Å². The van der Waals surface area contributed by atoms with E-state index >= 15 is 0 Å². The topological polar surface area (TPSA) is 105 Å². The lowest BCUT2D eigenvalue weighted by atomic mass is 9.88. The number of alkyl carbamates (subject to hydrolysis) is 1. The van der Waals surface area contributed by atoms with Crippen LogP contribution in [-0.2, 0) is 19.1 Å². The van der Waals surface area contributed by atoms with Crippen molar-refractivity contribution in [1.82, 2.24) is 10.2 Å². The normalized spacial score (nSPS) is 19.9. The molecule has 2 N–H and O–H groups in total. The van der Waals surface area contributed by atoms with Gasteiger partial charge in [0.15, 0.2) is 0 Å². The first-order valence-electron chi connectivity index (χ1n) is 11.5. The van der Waals surface area contributed by atoms with Gasteiger partial charge in [0.05, 0.1) is 12.5 Å². The molecule has 1 saturated heterocycles. The summed E-state index contributed by atoms with van der Waals surface area (Å²) in [6.07, 6.45) is -0.240. The van der Waals surface area contributed by atoms with Crippen molar-refractivity contribution >= 4 is 18.0 Å². The van der Waals surface area contributed by atoms with Crippen LogP contribution in [0.4, 0.5) is 4.79 Å². The minimum Gasteiger partial charge on any atom is -0.481 e. The molecule has 1 aliphatic carbocycles. The number of fused-ring (bicyclic) bond motifs is 3. The minimum atomic E-state index is -1.08. The summed E-state index contributed by atoms with van der Waals surface area (Å²) in [5.74, 6) is -1.70. The van der Waals surface area contributed by atoms with Crippen LogP contribution in [0, 0.1) is 11.3 Å². The van der Waals surface area contributed by atoms with E-state index < -0.39 is 23.4 Å². The van der Waals surface area contributed by atoms with Crippen molar-refractivity contribution in [2.75, 3.05) is 40.0 Å². The fourth-order valence-corrected chi connectivity index (χ4v) is 4.98. The Morgan fingerprint density at radius 2 is 1.74 bits per heavy atom. The zero-order chi connectivity index (χ0) is 24.3. The Morgan fingerprint density at radius 3 is 2.32 bits per heavy atom. The maximum absolute atomic E-state index is 12.8. The van der Waals surface area contributed by atoms with Gasteiger partial charge in [-0.2, -0.15) is 0 Å². The van der Waals surface area contributed by atoms with E-state index in [0.717, 1.165) is 22.3 Å². The second kappa shape index (κ2) is 9.85. The van der Waals surface area contributed by atoms with Gasteiger partial charge in [0.1, 0.15) is 12.0 Å². The number of likely N-dealkylation sites (tertiary alicyclic amines) is 1. The largest absolute Gasteiger partial charge is 0.481 e. The van der Waals surface area contributed by atoms with Crippen LogP contribution in [0.25, 0.3) is 11.1 Å². The lowest BCUT2D eigenvalue weighted by Gasteiger charge is -2.25. The SMILES string of the molecule is COCC1(C(=O)O)CCN(C(=O)C(C)CNC(=O)OCC2c3ccccc3-c3ccccc32)C1. The molecule has 2 aliphatic rings. The highest BCUT2D eigenvalue weighted by Gasteiger charge is 2.47. The Balaban J connectivity index is 1.29. The van der Waals surface area contributed by atoms with Crippen molar-refractivity contribution < 1.29 is 29.0 Å². The van der Waals surface area contributed by atoms with Gasteiger partial charge in [0.2, 0.25) is 5.91 Å². The maximum Gasteiger partial charge on any atom is 0.407 e. The monoisotopic (exact) mass is 466 g/mol. The van der Waals surface area contributed by atoms with E-state index in [2.05, 4.69) is 29.6 Å². The van der Waals surface area contributed by atoms with E-state index in [1.807, 2.05) is 24.3 Å². The molecular weight excluding hydrogens is 436 g/mol. The minimum absolute atomic E-state index is 0.0354. The zero-order valence-corrected chi connectivity index (χ0v) is 19.5. The Hall–Kier alpha value is -3.39. The first-order valence-corrected chi connectivity index (χ1v) is 11.5. The number of aliphatic carboxylic acids is 1. The maximum atomic E-state index is 12.8. The number of ether oxygens (including phenoxy) is 2. The van der Waals surface area contributed by atoms with E-state index in [0.29, 0.717) is 13.0 Å². The van der Waals surface area contributed by atoms with Crippen LogP contribution in [0.3, 0.4) is 0 Å². The van der Waals surface area contributed by atoms with Crippen LogP contribution in [-0.4, -0.2) is 67.9 Å². The van der Waals surface area contributed by atoms with Crippen molar-refractivity contribution in [2.45, 2.75) is 19.3 Å². The van der Waals surface area contributed by atoms with Crippen LogP contribution < -0.4 is 5.32 Å². The number of carboxylic acids is 1. The predicted octanol–water partition coefficient (Wildman–Crippen LogP) is 3.11. The average molecular weight is 467 g/mol. The molecular formula is C26H30N2O6. The number of amides is 2. The van der Waals surface area contributed by atoms with Crippen molar-refractivity contribution in [3.63, 3.8) is 0 Å². The number of carbonyl (C=O) groups excluding carboxylic acids is 2. The zero-order valence-electron chi connectivity index (χ0n) is 19.5. The Bertz CT molecular complexity index is 1040. The van der Waals surface area contributed by atoms with Gasteiger partial charge in [0, 0.05) is 32.7 Å². The van der Waals surface area contributed by atoms with Gasteiger partial charge in [-0.3, -0.25) is 9.59 Å². The van der Waals surface area contributed by atoms with Gasteiger partial charge in [-0.1, -0.05) is 55.5 Å². The lowest BCUT2D eigenvalue weighted by Crippen LogP contribution is -2.43.